The normalized spacial score (nSPS) is 10.9. The van der Waals surface area contributed by atoms with E-state index in [1.807, 2.05) is 6.07 Å². The van der Waals surface area contributed by atoms with Crippen LogP contribution in [0.15, 0.2) is 39.9 Å². The molecule has 0 spiro atoms. The number of para-hydroxylation sites is 1. The lowest BCUT2D eigenvalue weighted by Crippen LogP contribution is -2.28. The van der Waals surface area contributed by atoms with Gasteiger partial charge in [-0.15, -0.1) is 0 Å². The van der Waals surface area contributed by atoms with Gasteiger partial charge in [-0.3, -0.25) is 9.78 Å². The Morgan fingerprint density at radius 1 is 1.22 bits per heavy atom. The lowest BCUT2D eigenvalue weighted by molar-refractivity contribution is 0.933. The summed E-state index contributed by atoms with van der Waals surface area (Å²) < 4.78 is 1.68. The third-order valence-electron chi connectivity index (χ3n) is 2.48. The van der Waals surface area contributed by atoms with Gasteiger partial charge in [0.1, 0.15) is 4.70 Å². The van der Waals surface area contributed by atoms with Crippen molar-refractivity contribution in [3.8, 4) is 5.69 Å². The van der Waals surface area contributed by atoms with Crippen LogP contribution in [0.2, 0.25) is 0 Å². The standard InChI is InChI=1S/C11H8N4O2S/c12-10-13-8-7(18-10)9(16)14-11(17)15(8)6-4-2-1-3-5-6/h1-5H,(H2,12,13)(H,14,16,17). The van der Waals surface area contributed by atoms with Crippen LogP contribution < -0.4 is 17.0 Å². The molecule has 0 aliphatic rings. The summed E-state index contributed by atoms with van der Waals surface area (Å²) >= 11 is 1.06. The molecule has 0 saturated heterocycles. The van der Waals surface area contributed by atoms with Crippen LogP contribution in [0.3, 0.4) is 0 Å². The number of hydrogen-bond acceptors (Lipinski definition) is 5. The van der Waals surface area contributed by atoms with Gasteiger partial charge in [0, 0.05) is 0 Å². The summed E-state index contributed by atoms with van der Waals surface area (Å²) in [7, 11) is 0. The van der Waals surface area contributed by atoms with Crippen molar-refractivity contribution in [2.24, 2.45) is 0 Å². The molecule has 0 radical (unpaired) electrons. The molecule has 18 heavy (non-hydrogen) atoms. The number of benzene rings is 1. The number of aromatic nitrogens is 3. The van der Waals surface area contributed by atoms with E-state index in [1.165, 1.54) is 4.57 Å². The number of aromatic amines is 1. The second-order valence-corrected chi connectivity index (χ2v) is 4.67. The SMILES string of the molecule is Nc1nc2c(s1)c(=O)[nH]c(=O)n2-c1ccccc1. The Kier molecular flexibility index (Phi) is 2.27. The molecule has 0 aliphatic heterocycles. The summed E-state index contributed by atoms with van der Waals surface area (Å²) in [5, 5.41) is 0.255. The molecule has 0 amide bonds. The quantitative estimate of drug-likeness (QED) is 0.674. The van der Waals surface area contributed by atoms with Gasteiger partial charge in [0.25, 0.3) is 5.56 Å². The fourth-order valence-electron chi connectivity index (χ4n) is 1.75. The van der Waals surface area contributed by atoms with E-state index in [0.717, 1.165) is 11.3 Å². The first-order valence-corrected chi connectivity index (χ1v) is 5.95. The van der Waals surface area contributed by atoms with Gasteiger partial charge in [-0.05, 0) is 12.1 Å². The molecule has 0 atom stereocenters. The van der Waals surface area contributed by atoms with Crippen LogP contribution in [0.4, 0.5) is 5.13 Å². The van der Waals surface area contributed by atoms with E-state index in [0.29, 0.717) is 10.4 Å². The second-order valence-electron chi connectivity index (χ2n) is 3.64. The zero-order valence-corrected chi connectivity index (χ0v) is 9.90. The molecular formula is C11H8N4O2S. The number of nitrogen functional groups attached to an aromatic ring is 1. The van der Waals surface area contributed by atoms with Gasteiger partial charge in [0.05, 0.1) is 5.69 Å². The number of thiazole rings is 1. The maximum absolute atomic E-state index is 11.9. The van der Waals surface area contributed by atoms with E-state index in [9.17, 15) is 9.59 Å². The van der Waals surface area contributed by atoms with Crippen molar-refractivity contribution in [3.63, 3.8) is 0 Å². The highest BCUT2D eigenvalue weighted by molar-refractivity contribution is 7.21. The van der Waals surface area contributed by atoms with E-state index in [2.05, 4.69) is 9.97 Å². The van der Waals surface area contributed by atoms with Crippen molar-refractivity contribution < 1.29 is 0 Å². The number of anilines is 1. The Hall–Kier alpha value is -2.41. The molecule has 0 saturated carbocycles. The minimum atomic E-state index is -0.524. The fraction of sp³-hybridized carbons (Fsp3) is 0. The molecule has 1 aromatic carbocycles. The Labute approximate surface area is 104 Å². The Bertz CT molecular complexity index is 832. The minimum absolute atomic E-state index is 0.255. The fourth-order valence-corrected chi connectivity index (χ4v) is 2.46. The van der Waals surface area contributed by atoms with Gasteiger partial charge in [0.15, 0.2) is 10.8 Å². The number of nitrogens with zero attached hydrogens (tertiary/aromatic N) is 2. The topological polar surface area (TPSA) is 93.8 Å². The van der Waals surface area contributed by atoms with E-state index in [-0.39, 0.29) is 10.8 Å². The second kappa shape index (κ2) is 3.81. The summed E-state index contributed by atoms with van der Waals surface area (Å²) in [6, 6.07) is 8.96. The number of H-pyrrole nitrogens is 1. The van der Waals surface area contributed by atoms with Crippen LogP contribution >= 0.6 is 11.3 Å². The predicted molar refractivity (Wildman–Crippen MR) is 70.3 cm³/mol. The first kappa shape index (κ1) is 10.7. The lowest BCUT2D eigenvalue weighted by Gasteiger charge is -2.04. The van der Waals surface area contributed by atoms with Gasteiger partial charge >= 0.3 is 5.69 Å². The summed E-state index contributed by atoms with van der Waals surface area (Å²) in [5.41, 5.74) is 5.53. The molecule has 6 nitrogen and oxygen atoms in total. The van der Waals surface area contributed by atoms with Gasteiger partial charge in [-0.2, -0.15) is 0 Å². The highest BCUT2D eigenvalue weighted by Crippen LogP contribution is 2.20. The van der Waals surface area contributed by atoms with Crippen LogP contribution in [-0.4, -0.2) is 14.5 Å². The number of rotatable bonds is 1. The van der Waals surface area contributed by atoms with Crippen LogP contribution in [0, 0.1) is 0 Å². The van der Waals surface area contributed by atoms with Gasteiger partial charge < -0.3 is 5.73 Å². The van der Waals surface area contributed by atoms with Crippen LogP contribution in [0.5, 0.6) is 0 Å². The van der Waals surface area contributed by atoms with E-state index in [4.69, 9.17) is 5.73 Å². The highest BCUT2D eigenvalue weighted by Gasteiger charge is 2.13. The van der Waals surface area contributed by atoms with E-state index >= 15 is 0 Å². The zero-order chi connectivity index (χ0) is 12.7. The minimum Gasteiger partial charge on any atom is -0.375 e. The molecule has 0 unspecified atom stereocenters. The summed E-state index contributed by atoms with van der Waals surface area (Å²) in [6.45, 7) is 0. The predicted octanol–water partition coefficient (Wildman–Crippen LogP) is 0.718. The van der Waals surface area contributed by atoms with Crippen LogP contribution in [0.1, 0.15) is 0 Å². The maximum Gasteiger partial charge on any atom is 0.334 e. The van der Waals surface area contributed by atoms with Crippen LogP contribution in [-0.2, 0) is 0 Å². The largest absolute Gasteiger partial charge is 0.375 e. The first-order chi connectivity index (χ1) is 8.66. The molecule has 2 heterocycles. The van der Waals surface area contributed by atoms with E-state index in [1.54, 1.807) is 24.3 Å². The maximum atomic E-state index is 11.9. The monoisotopic (exact) mass is 260 g/mol. The Morgan fingerprint density at radius 2 is 1.94 bits per heavy atom. The van der Waals surface area contributed by atoms with Crippen molar-refractivity contribution in [1.29, 1.82) is 0 Å². The average Bonchev–Trinajstić information content (AvgIpc) is 2.72. The lowest BCUT2D eigenvalue weighted by atomic mass is 10.3. The molecule has 0 aliphatic carbocycles. The van der Waals surface area contributed by atoms with Gasteiger partial charge in [-0.1, -0.05) is 29.5 Å². The molecule has 3 aromatic rings. The third-order valence-corrected chi connectivity index (χ3v) is 3.35. The smallest absolute Gasteiger partial charge is 0.334 e. The summed E-state index contributed by atoms with van der Waals surface area (Å²) in [6.07, 6.45) is 0. The third kappa shape index (κ3) is 1.52. The molecule has 3 rings (SSSR count). The first-order valence-electron chi connectivity index (χ1n) is 5.13. The summed E-state index contributed by atoms with van der Waals surface area (Å²) in [5.74, 6) is 0. The van der Waals surface area contributed by atoms with E-state index < -0.39 is 11.2 Å². The molecule has 2 aromatic heterocycles. The van der Waals surface area contributed by atoms with Crippen molar-refractivity contribution >= 4 is 26.8 Å². The van der Waals surface area contributed by atoms with Crippen molar-refractivity contribution in [1.82, 2.24) is 14.5 Å². The Morgan fingerprint density at radius 3 is 2.67 bits per heavy atom. The molecule has 0 fully saturated rings. The molecule has 0 bridgehead atoms. The molecule has 3 N–H and O–H groups in total. The molecule has 7 heteroatoms. The van der Waals surface area contributed by atoms with Gasteiger partial charge in [-0.25, -0.2) is 14.3 Å². The van der Waals surface area contributed by atoms with Crippen molar-refractivity contribution in [2.45, 2.75) is 0 Å². The number of hydrogen-bond donors (Lipinski definition) is 2. The number of nitrogens with two attached hydrogens (primary N) is 1. The highest BCUT2D eigenvalue weighted by atomic mass is 32.1. The number of nitrogens with one attached hydrogen (secondary N) is 1. The van der Waals surface area contributed by atoms with Gasteiger partial charge in [0.2, 0.25) is 0 Å². The van der Waals surface area contributed by atoms with Crippen molar-refractivity contribution in [3.05, 3.63) is 51.2 Å². The Balaban J connectivity index is 2.50. The zero-order valence-electron chi connectivity index (χ0n) is 9.08. The average molecular weight is 260 g/mol. The number of fused-ring (bicyclic) bond motifs is 1. The summed E-state index contributed by atoms with van der Waals surface area (Å²) in [4.78, 5) is 29.8. The molecule has 90 valence electrons. The van der Waals surface area contributed by atoms with Crippen molar-refractivity contribution in [2.75, 3.05) is 5.73 Å². The van der Waals surface area contributed by atoms with Crippen LogP contribution in [0.25, 0.3) is 16.0 Å². The molecular weight excluding hydrogens is 252 g/mol.